The monoisotopic (exact) mass is 502 g/mol. The fraction of sp³-hybridized carbons (Fsp3) is 1.00. The van der Waals surface area contributed by atoms with Crippen LogP contribution >= 0.6 is 0 Å². The molecule has 0 N–H and O–H groups in total. The zero-order valence-corrected chi connectivity index (χ0v) is 26.3. The molecule has 2 radical (unpaired) electrons. The Labute approximate surface area is 177 Å². The van der Waals surface area contributed by atoms with Crippen molar-refractivity contribution in [2.24, 2.45) is 0 Å². The topological polar surface area (TPSA) is 36.9 Å². The molecule has 0 aliphatic rings. The molecule has 0 aliphatic heterocycles. The van der Waals surface area contributed by atoms with E-state index < -0.39 is 50.9 Å². The normalized spacial score (nSPS) is 15.5. The maximum Gasteiger partial charge on any atom is 0.360 e. The van der Waals surface area contributed by atoms with E-state index in [2.05, 4.69) is 78.6 Å². The van der Waals surface area contributed by atoms with Crippen molar-refractivity contribution < 1.29 is 49.2 Å². The first kappa shape index (κ1) is 27.5. The van der Waals surface area contributed by atoms with E-state index in [-0.39, 0.29) is 32.7 Å². The van der Waals surface area contributed by atoms with Crippen LogP contribution in [0.5, 0.6) is 0 Å². The Bertz CT molecular complexity index is 356. The Morgan fingerprint density at radius 2 is 1.26 bits per heavy atom. The maximum atomic E-state index is 6.41. The van der Waals surface area contributed by atoms with Gasteiger partial charge < -0.3 is 16.5 Å². The van der Waals surface area contributed by atoms with Crippen LogP contribution < -0.4 is 0 Å². The Morgan fingerprint density at radius 3 is 1.61 bits per heavy atom. The van der Waals surface area contributed by atoms with Gasteiger partial charge in [0, 0.05) is 32.7 Å². The average molecular weight is 503 g/mol. The predicted octanol–water partition coefficient (Wildman–Crippen LogP) is 4.18. The third kappa shape index (κ3) is 12.3. The van der Waals surface area contributed by atoms with E-state index in [4.69, 9.17) is 16.5 Å². The van der Waals surface area contributed by atoms with Crippen LogP contribution in [0.15, 0.2) is 0 Å². The molecule has 0 saturated heterocycles. The molecule has 4 nitrogen and oxygen atoms in total. The van der Waals surface area contributed by atoms with Gasteiger partial charge in [0.15, 0.2) is 16.2 Å². The van der Waals surface area contributed by atoms with E-state index in [1.165, 1.54) is 0 Å². The molecule has 0 saturated carbocycles. The average Bonchev–Trinajstić information content (AvgIpc) is 2.06. The Morgan fingerprint density at radius 1 is 0.826 bits per heavy atom. The van der Waals surface area contributed by atoms with Gasteiger partial charge in [0.2, 0.25) is 0 Å². The summed E-state index contributed by atoms with van der Waals surface area (Å²) in [5, 5.41) is 0. The Balaban J connectivity index is 0. The molecular weight excluding hydrogens is 466 g/mol. The number of hydrogen-bond acceptors (Lipinski definition) is 4. The fourth-order valence-corrected chi connectivity index (χ4v) is 22.9. The van der Waals surface area contributed by atoms with E-state index in [0.717, 1.165) is 0 Å². The summed E-state index contributed by atoms with van der Waals surface area (Å²) in [6.07, 6.45) is 0. The van der Waals surface area contributed by atoms with Crippen molar-refractivity contribution in [1.82, 2.24) is 0 Å². The van der Waals surface area contributed by atoms with Gasteiger partial charge in [0.1, 0.15) is 0 Å². The van der Waals surface area contributed by atoms with E-state index in [1.54, 1.807) is 0 Å². The van der Waals surface area contributed by atoms with Gasteiger partial charge in [0.05, 0.1) is 7.59 Å². The first-order chi connectivity index (χ1) is 9.45. The molecule has 0 aromatic carbocycles. The molecule has 0 aromatic rings. The second-order valence-electron chi connectivity index (χ2n) is 8.77. The zero-order valence-electron chi connectivity index (χ0n) is 17.3. The summed E-state index contributed by atoms with van der Waals surface area (Å²) in [4.78, 5) is 0. The third-order valence-electron chi connectivity index (χ3n) is 3.54. The van der Waals surface area contributed by atoms with Crippen molar-refractivity contribution in [3.63, 3.8) is 0 Å². The van der Waals surface area contributed by atoms with Gasteiger partial charge in [-0.3, -0.25) is 0 Å². The molecule has 23 heavy (non-hydrogen) atoms. The van der Waals surface area contributed by atoms with Gasteiger partial charge in [-0.2, -0.15) is 0 Å². The smallest absolute Gasteiger partial charge is 0.360 e. The van der Waals surface area contributed by atoms with Crippen LogP contribution in [0, 0.1) is 0 Å². The molecule has 0 amide bonds. The van der Waals surface area contributed by atoms with Gasteiger partial charge in [-0.15, -0.1) is 0 Å². The van der Waals surface area contributed by atoms with Gasteiger partial charge in [-0.1, -0.05) is 19.6 Å². The minimum atomic E-state index is -2.08. The van der Waals surface area contributed by atoms with Crippen LogP contribution in [0.3, 0.4) is 0 Å². The largest absolute Gasteiger partial charge is 0.438 e. The summed E-state index contributed by atoms with van der Waals surface area (Å²) in [7, 11) is -9.46. The number of rotatable bonds is 9. The molecule has 0 aliphatic carbocycles. The SMILES string of the molecule is C[Si](O[SiH](C)O[Si](C)(C)O[Si](C)(C)C)O[Si](C)(C)[Si](C)(C)C.[Y]. The predicted molar refractivity (Wildman–Crippen MR) is 111 cm³/mol. The molecule has 136 valence electrons. The first-order valence-electron chi connectivity index (χ1n) is 8.02. The summed E-state index contributed by atoms with van der Waals surface area (Å²) < 4.78 is 25.0. The van der Waals surface area contributed by atoms with Crippen LogP contribution in [0.2, 0.25) is 78.6 Å². The molecule has 0 bridgehead atoms. The van der Waals surface area contributed by atoms with E-state index in [1.807, 2.05) is 0 Å². The van der Waals surface area contributed by atoms with Crippen LogP contribution in [0.25, 0.3) is 0 Å². The molecule has 1 unspecified atom stereocenters. The molecule has 0 aromatic heterocycles. The molecule has 11 heteroatoms. The van der Waals surface area contributed by atoms with Gasteiger partial charge in [0.25, 0.3) is 9.28 Å². The van der Waals surface area contributed by atoms with Crippen molar-refractivity contribution in [3.05, 3.63) is 0 Å². The number of hydrogen-bond donors (Lipinski definition) is 0. The maximum absolute atomic E-state index is 6.41. The van der Waals surface area contributed by atoms with Gasteiger partial charge in [-0.25, -0.2) is 0 Å². The van der Waals surface area contributed by atoms with E-state index in [0.29, 0.717) is 0 Å². The molecule has 1 atom stereocenters. The van der Waals surface area contributed by atoms with E-state index in [9.17, 15) is 0 Å². The van der Waals surface area contributed by atoms with Crippen molar-refractivity contribution in [1.29, 1.82) is 0 Å². The summed E-state index contributed by atoms with van der Waals surface area (Å²) in [5.41, 5.74) is 0. The van der Waals surface area contributed by atoms with Crippen LogP contribution in [-0.2, 0) is 49.2 Å². The minimum Gasteiger partial charge on any atom is -0.438 e. The van der Waals surface area contributed by atoms with Crippen LogP contribution in [0.4, 0.5) is 0 Å². The second kappa shape index (κ2) is 9.97. The van der Waals surface area contributed by atoms with Crippen LogP contribution in [0.1, 0.15) is 0 Å². The fourth-order valence-electron chi connectivity index (χ4n) is 1.96. The molecule has 0 spiro atoms. The molecule has 0 heterocycles. The van der Waals surface area contributed by atoms with Crippen LogP contribution in [-0.4, -0.2) is 50.9 Å². The summed E-state index contributed by atoms with van der Waals surface area (Å²) in [6.45, 7) is 26.9. The summed E-state index contributed by atoms with van der Waals surface area (Å²) >= 11 is 0. The van der Waals surface area contributed by atoms with Crippen molar-refractivity contribution >= 4 is 50.9 Å². The third-order valence-corrected chi connectivity index (χ3v) is 32.8. The van der Waals surface area contributed by atoms with Crippen molar-refractivity contribution in [3.8, 4) is 0 Å². The van der Waals surface area contributed by atoms with Crippen molar-refractivity contribution in [2.45, 2.75) is 78.6 Å². The molecule has 0 fully saturated rings. The van der Waals surface area contributed by atoms with Gasteiger partial charge in [-0.05, 0) is 58.9 Å². The Hall–Kier alpha value is 2.25. The van der Waals surface area contributed by atoms with Crippen molar-refractivity contribution in [2.75, 3.05) is 0 Å². The van der Waals surface area contributed by atoms with E-state index >= 15 is 0 Å². The second-order valence-corrected chi connectivity index (χ2v) is 37.1. The zero-order chi connectivity index (χ0) is 18.0. The Kier molecular flexibility index (Phi) is 11.9. The molecular formula is C12H37O4Si6Y. The summed E-state index contributed by atoms with van der Waals surface area (Å²) in [5.74, 6) is 0. The quantitative estimate of drug-likeness (QED) is 0.443. The van der Waals surface area contributed by atoms with Gasteiger partial charge >= 0.3 is 17.8 Å². The molecule has 0 rings (SSSR count). The minimum absolute atomic E-state index is 0. The summed E-state index contributed by atoms with van der Waals surface area (Å²) in [6, 6.07) is 0. The standard InChI is InChI=1S/C12H37O4Si6.Y/c1-17(14-21(9,10)16-19(3,4)5)13-18(2)15-22(11,12)20(6,7)8;/h17H,1-12H3;. The first-order valence-corrected chi connectivity index (χ1v) is 25.6.